The van der Waals surface area contributed by atoms with E-state index in [4.69, 9.17) is 0 Å². The molecule has 0 spiro atoms. The molecule has 1 fully saturated rings. The molecule has 1 N–H and O–H groups in total. The minimum Gasteiger partial charge on any atom is -0.372 e. The summed E-state index contributed by atoms with van der Waals surface area (Å²) in [5.74, 6) is 0.326. The van der Waals surface area contributed by atoms with Gasteiger partial charge < -0.3 is 10.2 Å². The normalized spacial score (nSPS) is 14.1. The second-order valence-electron chi connectivity index (χ2n) is 6.65. The predicted molar refractivity (Wildman–Crippen MR) is 104 cm³/mol. The topological polar surface area (TPSA) is 75.9 Å². The molecule has 3 aromatic rings. The third kappa shape index (κ3) is 4.31. The number of hydrogen-bond donors (Lipinski definition) is 1. The summed E-state index contributed by atoms with van der Waals surface area (Å²) in [4.78, 5) is 16.0. The summed E-state index contributed by atoms with van der Waals surface area (Å²) in [5.41, 5.74) is 2.85. The number of aromatic nitrogens is 4. The van der Waals surface area contributed by atoms with Crippen molar-refractivity contribution in [3.8, 4) is 11.4 Å². The van der Waals surface area contributed by atoms with Gasteiger partial charge in [-0.25, -0.2) is 0 Å². The van der Waals surface area contributed by atoms with Crippen molar-refractivity contribution in [2.45, 2.75) is 25.8 Å². The highest BCUT2D eigenvalue weighted by Crippen LogP contribution is 2.21. The van der Waals surface area contributed by atoms with Crippen molar-refractivity contribution in [1.29, 1.82) is 0 Å². The molecule has 0 aliphatic carbocycles. The Morgan fingerprint density at radius 3 is 2.44 bits per heavy atom. The molecular weight excluding hydrogens is 340 g/mol. The van der Waals surface area contributed by atoms with Crippen LogP contribution in [0.3, 0.4) is 0 Å². The summed E-state index contributed by atoms with van der Waals surface area (Å²) in [5, 5.41) is 15.1. The number of anilines is 2. The molecule has 0 unspecified atom stereocenters. The van der Waals surface area contributed by atoms with Gasteiger partial charge in [-0.15, -0.1) is 10.2 Å². The molecule has 7 nitrogen and oxygen atoms in total. The Labute approximate surface area is 158 Å². The third-order valence-electron chi connectivity index (χ3n) is 4.64. The minimum atomic E-state index is -0.183. The summed E-state index contributed by atoms with van der Waals surface area (Å²) in [7, 11) is 0. The zero-order chi connectivity index (χ0) is 18.5. The van der Waals surface area contributed by atoms with E-state index in [1.54, 1.807) is 0 Å². The average Bonchev–Trinajstić information content (AvgIpc) is 3.18. The van der Waals surface area contributed by atoms with Gasteiger partial charge in [-0.05, 0) is 48.7 Å². The van der Waals surface area contributed by atoms with Gasteiger partial charge in [0, 0.05) is 30.0 Å². The van der Waals surface area contributed by atoms with Gasteiger partial charge in [0.2, 0.25) is 11.7 Å². The fourth-order valence-electron chi connectivity index (χ4n) is 3.25. The van der Waals surface area contributed by atoms with Crippen LogP contribution in [-0.2, 0) is 11.3 Å². The van der Waals surface area contributed by atoms with Gasteiger partial charge in [0.25, 0.3) is 0 Å². The van der Waals surface area contributed by atoms with E-state index in [9.17, 15) is 4.79 Å². The van der Waals surface area contributed by atoms with Gasteiger partial charge in [0.1, 0.15) is 6.54 Å². The van der Waals surface area contributed by atoms with E-state index in [1.165, 1.54) is 29.7 Å². The van der Waals surface area contributed by atoms with Crippen molar-refractivity contribution in [2.75, 3.05) is 23.3 Å². The molecule has 0 atom stereocenters. The summed E-state index contributed by atoms with van der Waals surface area (Å²) in [6.07, 6.45) is 3.80. The summed E-state index contributed by atoms with van der Waals surface area (Å²) >= 11 is 0. The number of hydrogen-bond acceptors (Lipinski definition) is 5. The Morgan fingerprint density at radius 2 is 1.70 bits per heavy atom. The van der Waals surface area contributed by atoms with Crippen LogP contribution in [0.4, 0.5) is 11.4 Å². The van der Waals surface area contributed by atoms with E-state index >= 15 is 0 Å². The largest absolute Gasteiger partial charge is 0.372 e. The fourth-order valence-corrected chi connectivity index (χ4v) is 3.25. The molecule has 4 rings (SSSR count). The zero-order valence-corrected chi connectivity index (χ0v) is 15.1. The summed E-state index contributed by atoms with van der Waals surface area (Å²) < 4.78 is 0. The van der Waals surface area contributed by atoms with Crippen LogP contribution in [0.2, 0.25) is 0 Å². The van der Waals surface area contributed by atoms with Gasteiger partial charge in [-0.2, -0.15) is 4.80 Å². The van der Waals surface area contributed by atoms with Crippen LogP contribution in [0.15, 0.2) is 54.6 Å². The van der Waals surface area contributed by atoms with Crippen LogP contribution in [0, 0.1) is 0 Å². The monoisotopic (exact) mass is 362 g/mol. The van der Waals surface area contributed by atoms with Crippen LogP contribution in [0.1, 0.15) is 19.3 Å². The van der Waals surface area contributed by atoms with Crippen LogP contribution >= 0.6 is 0 Å². The highest BCUT2D eigenvalue weighted by Gasteiger charge is 2.12. The smallest absolute Gasteiger partial charge is 0.248 e. The molecule has 1 amide bonds. The number of carbonyl (C=O) groups is 1. The summed E-state index contributed by atoms with van der Waals surface area (Å²) in [6, 6.07) is 17.6. The van der Waals surface area contributed by atoms with E-state index in [-0.39, 0.29) is 12.5 Å². The molecule has 7 heteroatoms. The van der Waals surface area contributed by atoms with E-state index < -0.39 is 0 Å². The van der Waals surface area contributed by atoms with Gasteiger partial charge in [-0.1, -0.05) is 30.3 Å². The maximum atomic E-state index is 12.3. The van der Waals surface area contributed by atoms with Crippen molar-refractivity contribution in [3.05, 3.63) is 54.6 Å². The van der Waals surface area contributed by atoms with Gasteiger partial charge in [-0.3, -0.25) is 4.79 Å². The Morgan fingerprint density at radius 1 is 0.963 bits per heavy atom. The molecular formula is C20H22N6O. The van der Waals surface area contributed by atoms with Crippen LogP contribution in [0.25, 0.3) is 11.4 Å². The lowest BCUT2D eigenvalue weighted by molar-refractivity contribution is -0.117. The molecule has 1 aromatic heterocycles. The highest BCUT2D eigenvalue weighted by atomic mass is 16.2. The first-order chi connectivity index (χ1) is 13.3. The van der Waals surface area contributed by atoms with Crippen molar-refractivity contribution >= 4 is 17.3 Å². The molecule has 0 bridgehead atoms. The average molecular weight is 362 g/mol. The summed E-state index contributed by atoms with van der Waals surface area (Å²) in [6.45, 7) is 2.23. The Kier molecular flexibility index (Phi) is 5.09. The zero-order valence-electron chi connectivity index (χ0n) is 15.1. The molecule has 1 aliphatic rings. The molecule has 2 heterocycles. The number of rotatable bonds is 5. The van der Waals surface area contributed by atoms with Gasteiger partial charge in [0.05, 0.1) is 0 Å². The maximum Gasteiger partial charge on any atom is 0.248 e. The first-order valence-corrected chi connectivity index (χ1v) is 9.26. The lowest BCUT2D eigenvalue weighted by Crippen LogP contribution is -2.29. The van der Waals surface area contributed by atoms with Crippen molar-refractivity contribution in [3.63, 3.8) is 0 Å². The molecule has 27 heavy (non-hydrogen) atoms. The number of nitrogens with one attached hydrogen (secondary N) is 1. The Bertz CT molecular complexity index is 884. The minimum absolute atomic E-state index is 0.0215. The van der Waals surface area contributed by atoms with Crippen LogP contribution in [0.5, 0.6) is 0 Å². The number of nitrogens with zero attached hydrogens (tertiary/aromatic N) is 5. The molecule has 1 saturated heterocycles. The number of carbonyl (C=O) groups excluding carboxylic acids is 1. The maximum absolute atomic E-state index is 12.3. The number of amides is 1. The van der Waals surface area contributed by atoms with Gasteiger partial charge in [0.15, 0.2) is 0 Å². The lowest BCUT2D eigenvalue weighted by Gasteiger charge is -2.28. The van der Waals surface area contributed by atoms with E-state index in [0.29, 0.717) is 5.82 Å². The highest BCUT2D eigenvalue weighted by molar-refractivity contribution is 5.90. The van der Waals surface area contributed by atoms with Gasteiger partial charge >= 0.3 is 0 Å². The quantitative estimate of drug-likeness (QED) is 0.755. The Hall–Kier alpha value is -3.22. The first-order valence-electron chi connectivity index (χ1n) is 9.26. The second-order valence-corrected chi connectivity index (χ2v) is 6.65. The van der Waals surface area contributed by atoms with Crippen molar-refractivity contribution in [1.82, 2.24) is 20.2 Å². The molecule has 0 radical (unpaired) electrons. The number of benzene rings is 2. The van der Waals surface area contributed by atoms with E-state index in [1.807, 2.05) is 42.5 Å². The molecule has 2 aromatic carbocycles. The predicted octanol–water partition coefficient (Wildman–Crippen LogP) is 2.97. The van der Waals surface area contributed by atoms with Crippen LogP contribution in [-0.4, -0.2) is 39.2 Å². The molecule has 0 saturated carbocycles. The van der Waals surface area contributed by atoms with E-state index in [0.717, 1.165) is 24.3 Å². The lowest BCUT2D eigenvalue weighted by atomic mass is 10.1. The number of piperidine rings is 1. The number of tetrazole rings is 1. The molecule has 1 aliphatic heterocycles. The SMILES string of the molecule is O=C(Cn1nnc(-c2ccccc2)n1)Nc1ccc(N2CCCCC2)cc1. The third-order valence-corrected chi connectivity index (χ3v) is 4.64. The van der Waals surface area contributed by atoms with E-state index in [2.05, 4.69) is 37.8 Å². The molecule has 138 valence electrons. The Balaban J connectivity index is 1.35. The standard InChI is InChI=1S/C20H22N6O/c27-19(15-26-23-20(22-24-26)16-7-3-1-4-8-16)21-17-9-11-18(12-10-17)25-13-5-2-6-14-25/h1,3-4,7-12H,2,5-6,13-15H2,(H,21,27). The first kappa shape index (κ1) is 17.2. The van der Waals surface area contributed by atoms with Crippen molar-refractivity contribution < 1.29 is 4.79 Å². The van der Waals surface area contributed by atoms with Crippen LogP contribution < -0.4 is 10.2 Å². The fraction of sp³-hybridized carbons (Fsp3) is 0.300. The van der Waals surface area contributed by atoms with Crippen molar-refractivity contribution in [2.24, 2.45) is 0 Å². The second kappa shape index (κ2) is 7.99.